The molecule has 1 aromatic rings. The van der Waals surface area contributed by atoms with Crippen LogP contribution in [0.15, 0.2) is 36.0 Å². The van der Waals surface area contributed by atoms with Crippen molar-refractivity contribution in [2.45, 2.75) is 31.2 Å². The SMILES string of the molecule is CN1C2=CC(c3cccc([N+](=O)[O-])c3)CC1CC2. The number of nitro benzene ring substituents is 1. The van der Waals surface area contributed by atoms with Crippen LogP contribution in [0.25, 0.3) is 0 Å². The largest absolute Gasteiger partial charge is 0.375 e. The first kappa shape index (κ1) is 11.3. The van der Waals surface area contributed by atoms with E-state index in [1.807, 2.05) is 6.07 Å². The van der Waals surface area contributed by atoms with E-state index in [1.54, 1.807) is 18.2 Å². The predicted octanol–water partition coefficient (Wildman–Crippen LogP) is 3.06. The Hall–Kier alpha value is -1.84. The summed E-state index contributed by atoms with van der Waals surface area (Å²) in [6, 6.07) is 7.66. The molecule has 4 nitrogen and oxygen atoms in total. The molecule has 0 aliphatic carbocycles. The Morgan fingerprint density at radius 2 is 2.28 bits per heavy atom. The molecule has 18 heavy (non-hydrogen) atoms. The van der Waals surface area contributed by atoms with Gasteiger partial charge in [0.1, 0.15) is 0 Å². The lowest BCUT2D eigenvalue weighted by molar-refractivity contribution is -0.384. The molecule has 0 spiro atoms. The van der Waals surface area contributed by atoms with Gasteiger partial charge in [-0.1, -0.05) is 18.2 Å². The molecule has 1 saturated heterocycles. The van der Waals surface area contributed by atoms with Crippen molar-refractivity contribution in [3.05, 3.63) is 51.7 Å². The summed E-state index contributed by atoms with van der Waals surface area (Å²) in [5.74, 6) is 0.337. The van der Waals surface area contributed by atoms with Crippen LogP contribution in [-0.2, 0) is 0 Å². The first-order chi connectivity index (χ1) is 8.65. The van der Waals surface area contributed by atoms with Crippen LogP contribution in [0, 0.1) is 10.1 Å². The molecule has 2 heterocycles. The van der Waals surface area contributed by atoms with Crippen LogP contribution in [0.3, 0.4) is 0 Å². The van der Waals surface area contributed by atoms with Gasteiger partial charge in [0, 0.05) is 36.8 Å². The van der Waals surface area contributed by atoms with Gasteiger partial charge in [-0.25, -0.2) is 0 Å². The monoisotopic (exact) mass is 244 g/mol. The zero-order valence-corrected chi connectivity index (χ0v) is 10.4. The Bertz CT molecular complexity index is 524. The molecule has 0 radical (unpaired) electrons. The van der Waals surface area contributed by atoms with E-state index in [0.29, 0.717) is 12.0 Å². The van der Waals surface area contributed by atoms with Gasteiger partial charge in [-0.05, 0) is 24.8 Å². The summed E-state index contributed by atoms with van der Waals surface area (Å²) in [6.07, 6.45) is 5.71. The van der Waals surface area contributed by atoms with Gasteiger partial charge in [0.25, 0.3) is 5.69 Å². The number of fused-ring (bicyclic) bond motifs is 2. The fraction of sp³-hybridized carbons (Fsp3) is 0.429. The quantitative estimate of drug-likeness (QED) is 0.593. The highest BCUT2D eigenvalue weighted by molar-refractivity contribution is 5.39. The zero-order valence-electron chi connectivity index (χ0n) is 10.4. The van der Waals surface area contributed by atoms with Crippen LogP contribution >= 0.6 is 0 Å². The molecule has 2 unspecified atom stereocenters. The van der Waals surface area contributed by atoms with E-state index in [1.165, 1.54) is 12.1 Å². The molecule has 2 aliphatic rings. The number of benzene rings is 1. The van der Waals surface area contributed by atoms with Crippen molar-refractivity contribution in [3.63, 3.8) is 0 Å². The number of non-ortho nitro benzene ring substituents is 1. The number of nitrogens with zero attached hydrogens (tertiary/aromatic N) is 2. The highest BCUT2D eigenvalue weighted by Gasteiger charge is 2.32. The van der Waals surface area contributed by atoms with Crippen molar-refractivity contribution in [1.82, 2.24) is 4.90 Å². The van der Waals surface area contributed by atoms with E-state index in [2.05, 4.69) is 18.0 Å². The number of hydrogen-bond acceptors (Lipinski definition) is 3. The third-order valence-corrected chi connectivity index (χ3v) is 4.16. The summed E-state index contributed by atoms with van der Waals surface area (Å²) in [4.78, 5) is 12.8. The second-order valence-electron chi connectivity index (χ2n) is 5.16. The summed E-state index contributed by atoms with van der Waals surface area (Å²) < 4.78 is 0. The van der Waals surface area contributed by atoms with E-state index < -0.39 is 0 Å². The minimum atomic E-state index is -0.319. The van der Waals surface area contributed by atoms with Crippen molar-refractivity contribution in [2.24, 2.45) is 0 Å². The van der Waals surface area contributed by atoms with E-state index in [-0.39, 0.29) is 10.6 Å². The zero-order chi connectivity index (χ0) is 12.7. The third-order valence-electron chi connectivity index (χ3n) is 4.16. The smallest absolute Gasteiger partial charge is 0.269 e. The van der Waals surface area contributed by atoms with Gasteiger partial charge in [0.05, 0.1) is 4.92 Å². The van der Waals surface area contributed by atoms with E-state index in [9.17, 15) is 10.1 Å². The molecule has 1 fully saturated rings. The van der Waals surface area contributed by atoms with E-state index in [4.69, 9.17) is 0 Å². The minimum Gasteiger partial charge on any atom is -0.375 e. The molecule has 3 rings (SSSR count). The number of allylic oxidation sites excluding steroid dienone is 2. The number of hydrogen-bond donors (Lipinski definition) is 0. The number of nitro groups is 1. The molecule has 0 aromatic heterocycles. The minimum absolute atomic E-state index is 0.192. The molecule has 0 saturated carbocycles. The molecule has 4 heteroatoms. The first-order valence-electron chi connectivity index (χ1n) is 6.33. The molecule has 0 amide bonds. The Morgan fingerprint density at radius 3 is 3.00 bits per heavy atom. The third kappa shape index (κ3) is 1.78. The molecular weight excluding hydrogens is 228 g/mol. The van der Waals surface area contributed by atoms with Crippen molar-refractivity contribution < 1.29 is 4.92 Å². The second kappa shape index (κ2) is 4.12. The van der Waals surface area contributed by atoms with Crippen LogP contribution in [0.5, 0.6) is 0 Å². The Balaban J connectivity index is 1.93. The van der Waals surface area contributed by atoms with Crippen LogP contribution in [0.4, 0.5) is 5.69 Å². The van der Waals surface area contributed by atoms with E-state index in [0.717, 1.165) is 18.4 Å². The predicted molar refractivity (Wildman–Crippen MR) is 69.3 cm³/mol. The molecule has 2 atom stereocenters. The van der Waals surface area contributed by atoms with Crippen molar-refractivity contribution >= 4 is 5.69 Å². The maximum Gasteiger partial charge on any atom is 0.269 e. The topological polar surface area (TPSA) is 46.4 Å². The summed E-state index contributed by atoms with van der Waals surface area (Å²) >= 11 is 0. The summed E-state index contributed by atoms with van der Waals surface area (Å²) in [6.45, 7) is 0. The van der Waals surface area contributed by atoms with Crippen molar-refractivity contribution in [1.29, 1.82) is 0 Å². The molecule has 1 aromatic carbocycles. The second-order valence-corrected chi connectivity index (χ2v) is 5.16. The van der Waals surface area contributed by atoms with Gasteiger partial charge < -0.3 is 4.90 Å². The van der Waals surface area contributed by atoms with Gasteiger partial charge in [-0.15, -0.1) is 0 Å². The average molecular weight is 244 g/mol. The summed E-state index contributed by atoms with van der Waals surface area (Å²) in [5, 5.41) is 10.8. The van der Waals surface area contributed by atoms with Crippen LogP contribution in [-0.4, -0.2) is 22.9 Å². The highest BCUT2D eigenvalue weighted by atomic mass is 16.6. The van der Waals surface area contributed by atoms with Crippen molar-refractivity contribution in [2.75, 3.05) is 7.05 Å². The van der Waals surface area contributed by atoms with Gasteiger partial charge in [0.2, 0.25) is 0 Å². The number of rotatable bonds is 2. The maximum absolute atomic E-state index is 10.8. The Morgan fingerprint density at radius 1 is 1.44 bits per heavy atom. The fourth-order valence-corrected chi connectivity index (χ4v) is 3.09. The van der Waals surface area contributed by atoms with Gasteiger partial charge in [-0.3, -0.25) is 10.1 Å². The summed E-state index contributed by atoms with van der Waals surface area (Å²) in [5.41, 5.74) is 2.65. The fourth-order valence-electron chi connectivity index (χ4n) is 3.09. The molecule has 2 aliphatic heterocycles. The lowest BCUT2D eigenvalue weighted by Gasteiger charge is -2.31. The maximum atomic E-state index is 10.8. The van der Waals surface area contributed by atoms with Crippen molar-refractivity contribution in [3.8, 4) is 0 Å². The van der Waals surface area contributed by atoms with E-state index >= 15 is 0 Å². The first-order valence-corrected chi connectivity index (χ1v) is 6.33. The van der Waals surface area contributed by atoms with Crippen LogP contribution < -0.4 is 0 Å². The van der Waals surface area contributed by atoms with Gasteiger partial charge in [0.15, 0.2) is 0 Å². The Labute approximate surface area is 106 Å². The summed E-state index contributed by atoms with van der Waals surface area (Å²) in [7, 11) is 2.15. The molecule has 2 bridgehead atoms. The molecule has 94 valence electrons. The van der Waals surface area contributed by atoms with Crippen LogP contribution in [0.2, 0.25) is 0 Å². The lowest BCUT2D eigenvalue weighted by Crippen LogP contribution is -2.29. The lowest BCUT2D eigenvalue weighted by atomic mass is 9.90. The van der Waals surface area contributed by atoms with Crippen LogP contribution in [0.1, 0.15) is 30.7 Å². The Kier molecular flexibility index (Phi) is 2.58. The van der Waals surface area contributed by atoms with Gasteiger partial charge >= 0.3 is 0 Å². The average Bonchev–Trinajstić information content (AvgIpc) is 2.61. The van der Waals surface area contributed by atoms with Gasteiger partial charge in [-0.2, -0.15) is 0 Å². The highest BCUT2D eigenvalue weighted by Crippen LogP contribution is 2.40. The molecular formula is C14H16N2O2. The normalized spacial score (nSPS) is 26.1. The molecule has 0 N–H and O–H groups in total. The standard InChI is InChI=1S/C14H16N2O2/c1-15-12-5-6-13(15)9-11(8-12)10-3-2-4-14(7-10)16(17)18/h2-4,7-8,11,13H,5-6,9H2,1H3.